The molecule has 9 heteroatoms. The van der Waals surface area contributed by atoms with Gasteiger partial charge in [0, 0.05) is 38.3 Å². The number of hydrogen-bond acceptors (Lipinski definition) is 4. The van der Waals surface area contributed by atoms with E-state index in [2.05, 4.69) is 25.8 Å². The Hall–Kier alpha value is -2.04. The summed E-state index contributed by atoms with van der Waals surface area (Å²) in [4.78, 5) is 30.7. The summed E-state index contributed by atoms with van der Waals surface area (Å²) < 4.78 is 5.35. The first-order valence-electron chi connectivity index (χ1n) is 11.1. The summed E-state index contributed by atoms with van der Waals surface area (Å²) in [7, 11) is 1.76. The van der Waals surface area contributed by atoms with Crippen molar-refractivity contribution in [3.05, 3.63) is 29.8 Å². The van der Waals surface area contributed by atoms with E-state index in [1.807, 2.05) is 45.0 Å². The highest BCUT2D eigenvalue weighted by atomic mass is 127. The molecular weight excluding hydrogens is 521 g/mol. The number of hydrogen-bond donors (Lipinski definition) is 3. The van der Waals surface area contributed by atoms with Crippen LogP contribution >= 0.6 is 24.0 Å². The molecule has 1 aromatic rings. The predicted molar refractivity (Wildman–Crippen MR) is 137 cm³/mol. The SMILES string of the molecule is CN=C(NCc1cccc(NC(=O)C2CCC2)c1)N1CCC(NC(=O)OC(C)(C)C)C1.I. The lowest BCUT2D eigenvalue weighted by Crippen LogP contribution is -2.44. The topological polar surface area (TPSA) is 95.1 Å². The molecule has 0 aromatic heterocycles. The molecule has 3 N–H and O–H groups in total. The highest BCUT2D eigenvalue weighted by Crippen LogP contribution is 2.27. The monoisotopic (exact) mass is 557 g/mol. The van der Waals surface area contributed by atoms with E-state index in [0.29, 0.717) is 13.1 Å². The number of halogens is 1. The molecule has 0 bridgehead atoms. The summed E-state index contributed by atoms with van der Waals surface area (Å²) in [6.45, 7) is 7.64. The van der Waals surface area contributed by atoms with Crippen LogP contribution in [0.15, 0.2) is 29.3 Å². The molecule has 178 valence electrons. The van der Waals surface area contributed by atoms with Crippen molar-refractivity contribution in [2.24, 2.45) is 10.9 Å². The Balaban J connectivity index is 0.00000363. The van der Waals surface area contributed by atoms with Crippen molar-refractivity contribution in [3.8, 4) is 0 Å². The van der Waals surface area contributed by atoms with E-state index in [4.69, 9.17) is 4.74 Å². The quantitative estimate of drug-likeness (QED) is 0.292. The van der Waals surface area contributed by atoms with Crippen molar-refractivity contribution in [3.63, 3.8) is 0 Å². The number of anilines is 1. The van der Waals surface area contributed by atoms with Crippen molar-refractivity contribution in [2.45, 2.75) is 64.6 Å². The zero-order valence-corrected chi connectivity index (χ0v) is 21.8. The van der Waals surface area contributed by atoms with Crippen molar-refractivity contribution in [1.29, 1.82) is 0 Å². The molecule has 2 aliphatic rings. The van der Waals surface area contributed by atoms with Crippen LogP contribution in [-0.2, 0) is 16.1 Å². The Labute approximate surface area is 208 Å². The van der Waals surface area contributed by atoms with Gasteiger partial charge in [0.05, 0.1) is 6.04 Å². The number of carbonyl (C=O) groups is 2. The number of ether oxygens (including phenoxy) is 1. The van der Waals surface area contributed by atoms with Crippen LogP contribution in [0.4, 0.5) is 10.5 Å². The van der Waals surface area contributed by atoms with Gasteiger partial charge in [-0.15, -0.1) is 24.0 Å². The minimum absolute atomic E-state index is 0. The molecule has 0 spiro atoms. The molecule has 1 aromatic carbocycles. The van der Waals surface area contributed by atoms with Gasteiger partial charge < -0.3 is 25.6 Å². The van der Waals surface area contributed by atoms with Gasteiger partial charge in [0.2, 0.25) is 5.91 Å². The van der Waals surface area contributed by atoms with Gasteiger partial charge in [-0.2, -0.15) is 0 Å². The number of carbonyl (C=O) groups excluding carboxylic acids is 2. The summed E-state index contributed by atoms with van der Waals surface area (Å²) >= 11 is 0. The molecule has 3 rings (SSSR count). The normalized spacial score (nSPS) is 18.9. The minimum atomic E-state index is -0.508. The number of aliphatic imine (C=N–C) groups is 1. The third-order valence-electron chi connectivity index (χ3n) is 5.54. The molecule has 1 unspecified atom stereocenters. The smallest absolute Gasteiger partial charge is 0.407 e. The Morgan fingerprint density at radius 3 is 2.59 bits per heavy atom. The number of guanidine groups is 1. The van der Waals surface area contributed by atoms with Crippen LogP contribution in [0.5, 0.6) is 0 Å². The van der Waals surface area contributed by atoms with E-state index in [-0.39, 0.29) is 47.9 Å². The molecule has 1 heterocycles. The van der Waals surface area contributed by atoms with Gasteiger partial charge >= 0.3 is 6.09 Å². The van der Waals surface area contributed by atoms with Gasteiger partial charge in [-0.3, -0.25) is 9.79 Å². The van der Waals surface area contributed by atoms with E-state index in [9.17, 15) is 9.59 Å². The summed E-state index contributed by atoms with van der Waals surface area (Å²) in [5.41, 5.74) is 1.38. The molecule has 2 amide bonds. The van der Waals surface area contributed by atoms with Gasteiger partial charge in [-0.25, -0.2) is 4.79 Å². The fourth-order valence-corrected chi connectivity index (χ4v) is 3.73. The maximum atomic E-state index is 12.2. The molecule has 1 aliphatic carbocycles. The Kier molecular flexibility index (Phi) is 9.60. The lowest BCUT2D eigenvalue weighted by molar-refractivity contribution is -0.122. The standard InChI is InChI=1S/C23H35N5O3.HI/c1-23(2,3)31-22(30)27-19-11-12-28(15-19)21(24-4)25-14-16-7-5-10-18(13-16)26-20(29)17-8-6-9-17;/h5,7,10,13,17,19H,6,8-9,11-12,14-15H2,1-4H3,(H,24,25)(H,26,29)(H,27,30);1H. The maximum Gasteiger partial charge on any atom is 0.407 e. The first-order chi connectivity index (χ1) is 14.7. The molecule has 1 atom stereocenters. The van der Waals surface area contributed by atoms with Crippen molar-refractivity contribution >= 4 is 47.6 Å². The van der Waals surface area contributed by atoms with E-state index >= 15 is 0 Å². The maximum absolute atomic E-state index is 12.2. The van der Waals surface area contributed by atoms with Gasteiger partial charge in [0.1, 0.15) is 5.60 Å². The molecule has 1 aliphatic heterocycles. The number of alkyl carbamates (subject to hydrolysis) is 1. The highest BCUT2D eigenvalue weighted by molar-refractivity contribution is 14.0. The van der Waals surface area contributed by atoms with Crippen LogP contribution in [-0.4, -0.2) is 54.6 Å². The second-order valence-corrected chi connectivity index (χ2v) is 9.30. The summed E-state index contributed by atoms with van der Waals surface area (Å²) in [6.07, 6.45) is 3.57. The van der Waals surface area contributed by atoms with E-state index in [1.165, 1.54) is 0 Å². The van der Waals surface area contributed by atoms with Gasteiger partial charge in [-0.1, -0.05) is 18.6 Å². The average molecular weight is 557 g/mol. The first-order valence-corrected chi connectivity index (χ1v) is 11.1. The summed E-state index contributed by atoms with van der Waals surface area (Å²) in [5.74, 6) is 1.07. The lowest BCUT2D eigenvalue weighted by Gasteiger charge is -2.24. The van der Waals surface area contributed by atoms with Gasteiger partial charge in [0.15, 0.2) is 5.96 Å². The van der Waals surface area contributed by atoms with Crippen molar-refractivity contribution in [2.75, 3.05) is 25.5 Å². The molecule has 32 heavy (non-hydrogen) atoms. The van der Waals surface area contributed by atoms with Crippen LogP contribution in [0.25, 0.3) is 0 Å². The predicted octanol–water partition coefficient (Wildman–Crippen LogP) is 3.72. The number of nitrogens with zero attached hydrogens (tertiary/aromatic N) is 2. The Bertz CT molecular complexity index is 820. The second kappa shape index (κ2) is 11.7. The number of rotatable bonds is 5. The Morgan fingerprint density at radius 2 is 1.97 bits per heavy atom. The van der Waals surface area contributed by atoms with Crippen LogP contribution < -0.4 is 16.0 Å². The lowest BCUT2D eigenvalue weighted by atomic mass is 9.85. The molecular formula is C23H36IN5O3. The summed E-state index contributed by atoms with van der Waals surface area (Å²) in [6, 6.07) is 7.91. The van der Waals surface area contributed by atoms with E-state index in [0.717, 1.165) is 49.4 Å². The summed E-state index contributed by atoms with van der Waals surface area (Å²) in [5, 5.41) is 9.34. The zero-order valence-electron chi connectivity index (χ0n) is 19.4. The van der Waals surface area contributed by atoms with Crippen LogP contribution in [0, 0.1) is 5.92 Å². The van der Waals surface area contributed by atoms with Crippen molar-refractivity contribution in [1.82, 2.24) is 15.5 Å². The van der Waals surface area contributed by atoms with Crippen LogP contribution in [0.2, 0.25) is 0 Å². The zero-order chi connectivity index (χ0) is 22.4. The number of benzene rings is 1. The number of amides is 2. The fourth-order valence-electron chi connectivity index (χ4n) is 3.73. The number of likely N-dealkylation sites (tertiary alicyclic amines) is 1. The molecule has 8 nitrogen and oxygen atoms in total. The fraction of sp³-hybridized carbons (Fsp3) is 0.609. The minimum Gasteiger partial charge on any atom is -0.444 e. The molecule has 1 saturated carbocycles. The number of nitrogens with one attached hydrogen (secondary N) is 3. The van der Waals surface area contributed by atoms with Crippen LogP contribution in [0.3, 0.4) is 0 Å². The molecule has 0 radical (unpaired) electrons. The molecule has 1 saturated heterocycles. The van der Waals surface area contributed by atoms with E-state index < -0.39 is 5.60 Å². The average Bonchev–Trinajstić information content (AvgIpc) is 3.07. The highest BCUT2D eigenvalue weighted by Gasteiger charge is 2.28. The van der Waals surface area contributed by atoms with Gasteiger partial charge in [0.25, 0.3) is 0 Å². The van der Waals surface area contributed by atoms with Crippen molar-refractivity contribution < 1.29 is 14.3 Å². The second-order valence-electron chi connectivity index (χ2n) is 9.30. The van der Waals surface area contributed by atoms with E-state index in [1.54, 1.807) is 7.05 Å². The van der Waals surface area contributed by atoms with Crippen LogP contribution in [0.1, 0.15) is 52.0 Å². The largest absolute Gasteiger partial charge is 0.444 e. The first kappa shape index (κ1) is 26.2. The third kappa shape index (κ3) is 7.83. The van der Waals surface area contributed by atoms with Gasteiger partial charge in [-0.05, 0) is 57.7 Å². The third-order valence-corrected chi connectivity index (χ3v) is 5.54. The Morgan fingerprint density at radius 1 is 1.22 bits per heavy atom. The molecule has 2 fully saturated rings.